The molecule has 0 heterocycles. The molecule has 4 rings (SSSR count). The zero-order valence-electron chi connectivity index (χ0n) is 14.6. The SMILES string of the molecule is C=CC1CC(=O)CC2CC[C@@H]3[C@H](CC[C@]4(C)C(=O)CC[C@@H]34)[C@@]12C. The van der Waals surface area contributed by atoms with E-state index in [2.05, 4.69) is 26.5 Å². The number of fused-ring (bicyclic) bond motifs is 5. The fourth-order valence-electron chi connectivity index (χ4n) is 7.30. The lowest BCUT2D eigenvalue weighted by molar-refractivity contribution is -0.150. The van der Waals surface area contributed by atoms with Gasteiger partial charge in [-0.15, -0.1) is 6.58 Å². The minimum Gasteiger partial charge on any atom is -0.300 e. The van der Waals surface area contributed by atoms with Gasteiger partial charge in [-0.1, -0.05) is 19.9 Å². The Bertz CT molecular complexity index is 564. The quantitative estimate of drug-likeness (QED) is 0.664. The summed E-state index contributed by atoms with van der Waals surface area (Å²) in [6.07, 6.45) is 10.1. The Morgan fingerprint density at radius 2 is 1.83 bits per heavy atom. The number of hydrogen-bond donors (Lipinski definition) is 0. The first-order valence-electron chi connectivity index (χ1n) is 9.58. The van der Waals surface area contributed by atoms with Gasteiger partial charge < -0.3 is 0 Å². The highest BCUT2D eigenvalue weighted by Crippen LogP contribution is 2.66. The molecule has 0 aromatic heterocycles. The van der Waals surface area contributed by atoms with Gasteiger partial charge in [-0.3, -0.25) is 9.59 Å². The molecule has 0 bridgehead atoms. The van der Waals surface area contributed by atoms with E-state index in [4.69, 9.17) is 0 Å². The van der Waals surface area contributed by atoms with Crippen molar-refractivity contribution in [1.29, 1.82) is 0 Å². The van der Waals surface area contributed by atoms with Crippen molar-refractivity contribution in [1.82, 2.24) is 0 Å². The molecule has 2 nitrogen and oxygen atoms in total. The van der Waals surface area contributed by atoms with Gasteiger partial charge in [0, 0.05) is 24.7 Å². The number of hydrogen-bond acceptors (Lipinski definition) is 2. The average Bonchev–Trinajstić information content (AvgIpc) is 2.83. The summed E-state index contributed by atoms with van der Waals surface area (Å²) in [7, 11) is 0. The molecule has 2 unspecified atom stereocenters. The van der Waals surface area contributed by atoms with E-state index >= 15 is 0 Å². The summed E-state index contributed by atoms with van der Waals surface area (Å²) in [5, 5.41) is 0. The fraction of sp³-hybridized carbons (Fsp3) is 0.810. The molecular formula is C21H30O2. The largest absolute Gasteiger partial charge is 0.300 e. The van der Waals surface area contributed by atoms with Gasteiger partial charge in [-0.2, -0.15) is 0 Å². The van der Waals surface area contributed by atoms with Crippen LogP contribution in [0.4, 0.5) is 0 Å². The topological polar surface area (TPSA) is 34.1 Å². The van der Waals surface area contributed by atoms with E-state index < -0.39 is 0 Å². The van der Waals surface area contributed by atoms with Crippen molar-refractivity contribution in [2.75, 3.05) is 0 Å². The first kappa shape index (κ1) is 15.6. The van der Waals surface area contributed by atoms with Crippen LogP contribution in [0.15, 0.2) is 12.7 Å². The minimum absolute atomic E-state index is 0.0431. The van der Waals surface area contributed by atoms with E-state index in [1.165, 1.54) is 19.3 Å². The lowest BCUT2D eigenvalue weighted by Gasteiger charge is -2.61. The van der Waals surface area contributed by atoms with Gasteiger partial charge in [-0.05, 0) is 67.1 Å². The standard InChI is InChI=1S/C21H30O2/c1-4-13-11-15(22)12-14-5-6-16-17-7-8-19(23)20(17,2)10-9-18(16)21(13,14)3/h4,13-14,16-18H,1,5-12H2,2-3H3/t13?,14?,16-,17-,18-,20-,21-/m0/s1. The summed E-state index contributed by atoms with van der Waals surface area (Å²) in [5.41, 5.74) is 0.185. The maximum Gasteiger partial charge on any atom is 0.139 e. The third-order valence-electron chi connectivity index (χ3n) is 8.68. The van der Waals surface area contributed by atoms with E-state index in [-0.39, 0.29) is 10.8 Å². The second-order valence-electron chi connectivity index (χ2n) is 9.22. The molecule has 23 heavy (non-hydrogen) atoms. The molecule has 126 valence electrons. The Hall–Kier alpha value is -0.920. The number of ketones is 2. The summed E-state index contributed by atoms with van der Waals surface area (Å²) in [6, 6.07) is 0. The zero-order valence-corrected chi connectivity index (χ0v) is 14.6. The normalized spacial score (nSPS) is 52.5. The van der Waals surface area contributed by atoms with Crippen LogP contribution in [-0.2, 0) is 9.59 Å². The molecule has 4 aliphatic rings. The van der Waals surface area contributed by atoms with Crippen LogP contribution in [0.5, 0.6) is 0 Å². The Morgan fingerprint density at radius 1 is 1.04 bits per heavy atom. The summed E-state index contributed by atoms with van der Waals surface area (Å²) in [5.74, 6) is 3.80. The molecule has 7 atom stereocenters. The molecule has 0 aromatic rings. The van der Waals surface area contributed by atoms with Crippen LogP contribution < -0.4 is 0 Å². The maximum absolute atomic E-state index is 12.5. The van der Waals surface area contributed by atoms with Crippen LogP contribution in [0.3, 0.4) is 0 Å². The van der Waals surface area contributed by atoms with Crippen molar-refractivity contribution in [3.63, 3.8) is 0 Å². The van der Waals surface area contributed by atoms with Crippen molar-refractivity contribution in [3.8, 4) is 0 Å². The van der Waals surface area contributed by atoms with Crippen LogP contribution in [0.25, 0.3) is 0 Å². The van der Waals surface area contributed by atoms with Gasteiger partial charge in [-0.25, -0.2) is 0 Å². The lowest BCUT2D eigenvalue weighted by atomic mass is 9.43. The van der Waals surface area contributed by atoms with Gasteiger partial charge in [0.2, 0.25) is 0 Å². The predicted molar refractivity (Wildman–Crippen MR) is 90.8 cm³/mol. The summed E-state index contributed by atoms with van der Waals surface area (Å²) in [6.45, 7) is 8.77. The molecule has 4 saturated carbocycles. The number of rotatable bonds is 1. The van der Waals surface area contributed by atoms with Gasteiger partial charge in [0.05, 0.1) is 0 Å². The molecule has 2 heteroatoms. The number of Topliss-reactive ketones (excluding diaryl/α,β-unsaturated/α-hetero) is 2. The Labute approximate surface area is 140 Å². The third-order valence-corrected chi connectivity index (χ3v) is 8.68. The second-order valence-corrected chi connectivity index (χ2v) is 9.22. The van der Waals surface area contributed by atoms with E-state index in [0.717, 1.165) is 25.7 Å². The number of carbonyl (C=O) groups is 2. The second kappa shape index (κ2) is 5.04. The van der Waals surface area contributed by atoms with Crippen molar-refractivity contribution in [2.24, 2.45) is 40.4 Å². The highest BCUT2D eigenvalue weighted by molar-refractivity contribution is 5.87. The Balaban J connectivity index is 1.71. The Morgan fingerprint density at radius 3 is 2.57 bits per heavy atom. The highest BCUT2D eigenvalue weighted by atomic mass is 16.1. The summed E-state index contributed by atoms with van der Waals surface area (Å²) in [4.78, 5) is 24.6. The van der Waals surface area contributed by atoms with Gasteiger partial charge in [0.25, 0.3) is 0 Å². The van der Waals surface area contributed by atoms with E-state index in [9.17, 15) is 9.59 Å². The van der Waals surface area contributed by atoms with Crippen molar-refractivity contribution >= 4 is 11.6 Å². The smallest absolute Gasteiger partial charge is 0.139 e. The predicted octanol–water partition coefficient (Wildman–Crippen LogP) is 4.58. The molecule has 0 aromatic carbocycles. The molecule has 4 aliphatic carbocycles. The van der Waals surface area contributed by atoms with Crippen LogP contribution in [0.2, 0.25) is 0 Å². The van der Waals surface area contributed by atoms with Gasteiger partial charge in [0.1, 0.15) is 11.6 Å². The number of carbonyl (C=O) groups excluding carboxylic acids is 2. The van der Waals surface area contributed by atoms with E-state index in [0.29, 0.717) is 47.6 Å². The molecular weight excluding hydrogens is 284 g/mol. The van der Waals surface area contributed by atoms with E-state index in [1.807, 2.05) is 0 Å². The van der Waals surface area contributed by atoms with Gasteiger partial charge in [0.15, 0.2) is 0 Å². The fourth-order valence-corrected chi connectivity index (χ4v) is 7.30. The molecule has 0 amide bonds. The zero-order chi connectivity index (χ0) is 16.4. The highest BCUT2D eigenvalue weighted by Gasteiger charge is 2.61. The van der Waals surface area contributed by atoms with Crippen LogP contribution in [0, 0.1) is 40.4 Å². The average molecular weight is 314 g/mol. The molecule has 0 N–H and O–H groups in total. The molecule has 0 saturated heterocycles. The maximum atomic E-state index is 12.5. The molecule has 0 aliphatic heterocycles. The van der Waals surface area contributed by atoms with Crippen molar-refractivity contribution < 1.29 is 9.59 Å². The van der Waals surface area contributed by atoms with Crippen molar-refractivity contribution in [2.45, 2.75) is 65.2 Å². The molecule has 0 radical (unpaired) electrons. The third kappa shape index (κ3) is 1.93. The lowest BCUT2D eigenvalue weighted by Crippen LogP contribution is -2.56. The van der Waals surface area contributed by atoms with Crippen LogP contribution in [-0.4, -0.2) is 11.6 Å². The van der Waals surface area contributed by atoms with Crippen LogP contribution >= 0.6 is 0 Å². The summed E-state index contributed by atoms with van der Waals surface area (Å²) >= 11 is 0. The monoisotopic (exact) mass is 314 g/mol. The van der Waals surface area contributed by atoms with Crippen molar-refractivity contribution in [3.05, 3.63) is 12.7 Å². The summed E-state index contributed by atoms with van der Waals surface area (Å²) < 4.78 is 0. The minimum atomic E-state index is -0.0431. The van der Waals surface area contributed by atoms with Gasteiger partial charge >= 0.3 is 0 Å². The molecule has 4 fully saturated rings. The Kier molecular flexibility index (Phi) is 3.42. The van der Waals surface area contributed by atoms with Crippen LogP contribution in [0.1, 0.15) is 65.2 Å². The first-order chi connectivity index (χ1) is 10.9. The van der Waals surface area contributed by atoms with E-state index in [1.54, 1.807) is 0 Å². The first-order valence-corrected chi connectivity index (χ1v) is 9.58. The number of allylic oxidation sites excluding steroid dienone is 1. The molecule has 0 spiro atoms.